The molecule has 0 saturated heterocycles. The first-order valence-corrected chi connectivity index (χ1v) is 7.67. The topological polar surface area (TPSA) is 66.4 Å². The highest BCUT2D eigenvalue weighted by Crippen LogP contribution is 2.19. The minimum Gasteiger partial charge on any atom is -0.480 e. The van der Waals surface area contributed by atoms with Gasteiger partial charge in [-0.2, -0.15) is 11.8 Å². The Labute approximate surface area is 125 Å². The number of carbonyl (C=O) groups is 2. The van der Waals surface area contributed by atoms with Crippen molar-refractivity contribution in [1.29, 1.82) is 0 Å². The van der Waals surface area contributed by atoms with E-state index in [1.807, 2.05) is 6.26 Å². The minimum atomic E-state index is -1.10. The van der Waals surface area contributed by atoms with E-state index in [0.717, 1.165) is 0 Å². The molecule has 1 rings (SSSR count). The minimum absolute atomic E-state index is 0.0701. The molecule has 0 aliphatic heterocycles. The molecule has 1 aromatic rings. The molecule has 1 amide bonds. The summed E-state index contributed by atoms with van der Waals surface area (Å²) in [7, 11) is 0. The van der Waals surface area contributed by atoms with Crippen molar-refractivity contribution in [2.24, 2.45) is 0 Å². The van der Waals surface area contributed by atoms with Gasteiger partial charge in [0.05, 0.1) is 6.42 Å². The molecular weight excluding hydrogens is 305 g/mol. The quantitative estimate of drug-likeness (QED) is 0.809. The Morgan fingerprint density at radius 2 is 2.20 bits per heavy atom. The van der Waals surface area contributed by atoms with E-state index in [1.165, 1.54) is 30.0 Å². The normalized spacial score (nSPS) is 11.9. The summed E-state index contributed by atoms with van der Waals surface area (Å²) in [6.45, 7) is 0. The fraction of sp³-hybridized carbons (Fsp3) is 0.385. The van der Waals surface area contributed by atoms with Crippen molar-refractivity contribution in [3.05, 3.63) is 34.6 Å². The summed E-state index contributed by atoms with van der Waals surface area (Å²) in [5.74, 6) is -1.64. The first kappa shape index (κ1) is 16.8. The zero-order valence-corrected chi connectivity index (χ0v) is 12.4. The largest absolute Gasteiger partial charge is 0.480 e. The van der Waals surface area contributed by atoms with E-state index in [4.69, 9.17) is 16.7 Å². The molecule has 7 heteroatoms. The Morgan fingerprint density at radius 3 is 2.75 bits per heavy atom. The Bertz CT molecular complexity index is 478. The molecule has 0 spiro atoms. The van der Waals surface area contributed by atoms with E-state index in [-0.39, 0.29) is 17.0 Å². The van der Waals surface area contributed by atoms with E-state index in [1.54, 1.807) is 0 Å². The van der Waals surface area contributed by atoms with Gasteiger partial charge in [0.2, 0.25) is 5.91 Å². The van der Waals surface area contributed by atoms with Gasteiger partial charge in [0.1, 0.15) is 11.9 Å². The number of carbonyl (C=O) groups excluding carboxylic acids is 1. The van der Waals surface area contributed by atoms with Crippen LogP contribution in [0.4, 0.5) is 4.39 Å². The van der Waals surface area contributed by atoms with Gasteiger partial charge in [-0.3, -0.25) is 4.79 Å². The first-order valence-electron chi connectivity index (χ1n) is 5.89. The molecule has 0 aliphatic carbocycles. The predicted molar refractivity (Wildman–Crippen MR) is 77.7 cm³/mol. The van der Waals surface area contributed by atoms with Crippen LogP contribution in [-0.2, 0) is 16.0 Å². The number of carboxylic acid groups (broad SMARTS) is 1. The number of amides is 1. The van der Waals surface area contributed by atoms with Crippen LogP contribution in [-0.4, -0.2) is 35.0 Å². The summed E-state index contributed by atoms with van der Waals surface area (Å²) in [4.78, 5) is 22.8. The summed E-state index contributed by atoms with van der Waals surface area (Å²) in [6, 6.07) is 3.16. The average Bonchev–Trinajstić information content (AvgIpc) is 2.38. The molecule has 0 aliphatic rings. The maximum Gasteiger partial charge on any atom is 0.326 e. The SMILES string of the molecule is CSCCC(NC(=O)Cc1c(F)cccc1Cl)C(=O)O. The van der Waals surface area contributed by atoms with E-state index >= 15 is 0 Å². The van der Waals surface area contributed by atoms with Crippen molar-refractivity contribution in [3.63, 3.8) is 0 Å². The van der Waals surface area contributed by atoms with Gasteiger partial charge in [-0.25, -0.2) is 9.18 Å². The summed E-state index contributed by atoms with van der Waals surface area (Å²) in [5, 5.41) is 11.5. The third kappa shape index (κ3) is 5.02. The molecule has 1 aromatic carbocycles. The summed E-state index contributed by atoms with van der Waals surface area (Å²) < 4.78 is 13.5. The second-order valence-electron chi connectivity index (χ2n) is 4.12. The van der Waals surface area contributed by atoms with Crippen molar-refractivity contribution in [2.75, 3.05) is 12.0 Å². The smallest absolute Gasteiger partial charge is 0.326 e. The average molecular weight is 320 g/mol. The molecule has 20 heavy (non-hydrogen) atoms. The van der Waals surface area contributed by atoms with Gasteiger partial charge < -0.3 is 10.4 Å². The molecule has 1 unspecified atom stereocenters. The predicted octanol–water partition coefficient (Wildman–Crippen LogP) is 2.34. The van der Waals surface area contributed by atoms with Crippen molar-refractivity contribution < 1.29 is 19.1 Å². The Kier molecular flexibility index (Phi) is 6.81. The number of hydrogen-bond donors (Lipinski definition) is 2. The van der Waals surface area contributed by atoms with E-state index in [2.05, 4.69) is 5.32 Å². The zero-order chi connectivity index (χ0) is 15.1. The van der Waals surface area contributed by atoms with Gasteiger partial charge in [0.25, 0.3) is 0 Å². The lowest BCUT2D eigenvalue weighted by molar-refractivity contribution is -0.141. The van der Waals surface area contributed by atoms with Crippen LogP contribution in [0.1, 0.15) is 12.0 Å². The van der Waals surface area contributed by atoms with Gasteiger partial charge in [-0.15, -0.1) is 0 Å². The fourth-order valence-electron chi connectivity index (χ4n) is 1.60. The van der Waals surface area contributed by atoms with Crippen LogP contribution < -0.4 is 5.32 Å². The monoisotopic (exact) mass is 319 g/mol. The van der Waals surface area contributed by atoms with Crippen LogP contribution in [0.15, 0.2) is 18.2 Å². The third-order valence-corrected chi connectivity index (χ3v) is 3.64. The summed E-state index contributed by atoms with van der Waals surface area (Å²) in [5.41, 5.74) is 0.0701. The highest BCUT2D eigenvalue weighted by molar-refractivity contribution is 7.98. The van der Waals surface area contributed by atoms with Crippen LogP contribution in [0.2, 0.25) is 5.02 Å². The zero-order valence-electron chi connectivity index (χ0n) is 10.9. The number of halogens is 2. The number of aliphatic carboxylic acids is 1. The van der Waals surface area contributed by atoms with Gasteiger partial charge in [0, 0.05) is 10.6 Å². The van der Waals surface area contributed by atoms with Crippen molar-refractivity contribution in [2.45, 2.75) is 18.9 Å². The van der Waals surface area contributed by atoms with Crippen LogP contribution in [0.5, 0.6) is 0 Å². The Hall–Kier alpha value is -1.27. The molecular formula is C13H15ClFNO3S. The molecule has 4 nitrogen and oxygen atoms in total. The lowest BCUT2D eigenvalue weighted by atomic mass is 10.1. The number of thioether (sulfide) groups is 1. The van der Waals surface area contributed by atoms with Crippen molar-refractivity contribution in [3.8, 4) is 0 Å². The molecule has 2 N–H and O–H groups in total. The number of carboxylic acids is 1. The number of nitrogens with one attached hydrogen (secondary N) is 1. The molecule has 0 bridgehead atoms. The van der Waals surface area contributed by atoms with Crippen LogP contribution in [0, 0.1) is 5.82 Å². The fourth-order valence-corrected chi connectivity index (χ4v) is 2.30. The summed E-state index contributed by atoms with van der Waals surface area (Å²) >= 11 is 7.30. The van der Waals surface area contributed by atoms with E-state index < -0.39 is 23.7 Å². The standard InChI is InChI=1S/C13H15ClFNO3S/c1-20-6-5-11(13(18)19)16-12(17)7-8-9(14)3-2-4-10(8)15/h2-4,11H,5-7H2,1H3,(H,16,17)(H,18,19). The van der Waals surface area contributed by atoms with Gasteiger partial charge >= 0.3 is 5.97 Å². The number of benzene rings is 1. The Balaban J connectivity index is 2.68. The van der Waals surface area contributed by atoms with E-state index in [9.17, 15) is 14.0 Å². The summed E-state index contributed by atoms with van der Waals surface area (Å²) in [6.07, 6.45) is 1.88. The van der Waals surface area contributed by atoms with Crippen molar-refractivity contribution >= 4 is 35.2 Å². The number of hydrogen-bond acceptors (Lipinski definition) is 3. The molecule has 0 heterocycles. The Morgan fingerprint density at radius 1 is 1.50 bits per heavy atom. The molecule has 1 atom stereocenters. The second-order valence-corrected chi connectivity index (χ2v) is 5.51. The van der Waals surface area contributed by atoms with Crippen LogP contribution in [0.25, 0.3) is 0 Å². The maximum atomic E-state index is 13.5. The van der Waals surface area contributed by atoms with Gasteiger partial charge in [-0.1, -0.05) is 17.7 Å². The lowest BCUT2D eigenvalue weighted by Gasteiger charge is -2.14. The molecule has 0 saturated carbocycles. The molecule has 0 fully saturated rings. The van der Waals surface area contributed by atoms with Gasteiger partial charge in [-0.05, 0) is 30.6 Å². The number of rotatable bonds is 7. The lowest BCUT2D eigenvalue weighted by Crippen LogP contribution is -2.42. The maximum absolute atomic E-state index is 13.5. The molecule has 0 radical (unpaired) electrons. The first-order chi connectivity index (χ1) is 9.45. The van der Waals surface area contributed by atoms with Gasteiger partial charge in [0.15, 0.2) is 0 Å². The molecule has 110 valence electrons. The third-order valence-electron chi connectivity index (χ3n) is 2.64. The highest BCUT2D eigenvalue weighted by Gasteiger charge is 2.20. The van der Waals surface area contributed by atoms with Crippen LogP contribution >= 0.6 is 23.4 Å². The molecule has 0 aromatic heterocycles. The second kappa shape index (κ2) is 8.11. The van der Waals surface area contributed by atoms with Crippen molar-refractivity contribution in [1.82, 2.24) is 5.32 Å². The van der Waals surface area contributed by atoms with E-state index in [0.29, 0.717) is 12.2 Å². The van der Waals surface area contributed by atoms with Crippen LogP contribution in [0.3, 0.4) is 0 Å². The highest BCUT2D eigenvalue weighted by atomic mass is 35.5.